The molecule has 0 amide bonds. The van der Waals surface area contributed by atoms with Gasteiger partial charge in [-0.15, -0.1) is 0 Å². The number of ether oxygens (including phenoxy) is 3. The lowest BCUT2D eigenvalue weighted by atomic mass is 9.91. The lowest BCUT2D eigenvalue weighted by molar-refractivity contribution is -0.244. The summed E-state index contributed by atoms with van der Waals surface area (Å²) in [6, 6.07) is 22.7. The largest absolute Gasteiger partial charge is 0.508 e. The van der Waals surface area contributed by atoms with Gasteiger partial charge >= 0.3 is 5.97 Å². The van der Waals surface area contributed by atoms with E-state index in [2.05, 4.69) is 0 Å². The Morgan fingerprint density at radius 2 is 1.80 bits per heavy atom. The maximum absolute atomic E-state index is 10.7. The van der Waals surface area contributed by atoms with E-state index in [1.54, 1.807) is 12.1 Å². The topological polar surface area (TPSA) is 85.2 Å². The molecule has 3 aromatic rings. The minimum Gasteiger partial charge on any atom is -0.508 e. The zero-order valence-electron chi connectivity index (χ0n) is 19.7. The van der Waals surface area contributed by atoms with E-state index in [-0.39, 0.29) is 24.2 Å². The number of phenols is 1. The summed E-state index contributed by atoms with van der Waals surface area (Å²) < 4.78 is 18.5. The number of aliphatic carboxylic acids is 1. The first-order valence-electron chi connectivity index (χ1n) is 11.8. The highest BCUT2D eigenvalue weighted by atomic mass is 16.7. The molecule has 3 aromatic carbocycles. The molecule has 1 saturated heterocycles. The minimum absolute atomic E-state index is 0.0349. The summed E-state index contributed by atoms with van der Waals surface area (Å²) >= 11 is 0. The number of allylic oxidation sites excluding steroid dienone is 2. The third-order valence-corrected chi connectivity index (χ3v) is 5.89. The van der Waals surface area contributed by atoms with Gasteiger partial charge < -0.3 is 24.4 Å². The Balaban J connectivity index is 1.50. The van der Waals surface area contributed by atoms with Gasteiger partial charge in [0, 0.05) is 23.5 Å². The van der Waals surface area contributed by atoms with Gasteiger partial charge in [-0.05, 0) is 55.7 Å². The Bertz CT molecular complexity index is 1170. The van der Waals surface area contributed by atoms with Crippen LogP contribution >= 0.6 is 0 Å². The Hall–Kier alpha value is -3.61. The molecule has 2 N–H and O–H groups in total. The fraction of sp³-hybridized carbons (Fsp3) is 0.276. The lowest BCUT2D eigenvalue weighted by Crippen LogP contribution is -2.30. The predicted molar refractivity (Wildman–Crippen MR) is 132 cm³/mol. The maximum Gasteiger partial charge on any atom is 0.303 e. The molecule has 182 valence electrons. The summed E-state index contributed by atoms with van der Waals surface area (Å²) in [7, 11) is 0. The molecule has 0 spiro atoms. The van der Waals surface area contributed by atoms with Crippen LogP contribution in [0.2, 0.25) is 0 Å². The van der Waals surface area contributed by atoms with Gasteiger partial charge in [-0.25, -0.2) is 0 Å². The van der Waals surface area contributed by atoms with E-state index in [9.17, 15) is 9.90 Å². The Morgan fingerprint density at radius 1 is 1.03 bits per heavy atom. The van der Waals surface area contributed by atoms with Crippen LogP contribution in [0.25, 0.3) is 0 Å². The molecule has 0 aliphatic carbocycles. The summed E-state index contributed by atoms with van der Waals surface area (Å²) in [5, 5.41) is 19.3. The molecule has 0 aromatic heterocycles. The molecule has 1 unspecified atom stereocenters. The summed E-state index contributed by atoms with van der Waals surface area (Å²) in [5.74, 6) is 0.766. The van der Waals surface area contributed by atoms with Gasteiger partial charge in [-0.2, -0.15) is 0 Å². The number of phenolic OH excluding ortho intramolecular Hbond substituents is 1. The van der Waals surface area contributed by atoms with Crippen LogP contribution in [0.3, 0.4) is 0 Å². The summed E-state index contributed by atoms with van der Waals surface area (Å²) in [6.07, 6.45) is 4.04. The van der Waals surface area contributed by atoms with E-state index in [4.69, 9.17) is 19.3 Å². The molecule has 1 heterocycles. The van der Waals surface area contributed by atoms with Crippen LogP contribution in [-0.2, 0) is 14.3 Å². The molecular weight excluding hydrogens is 444 g/mol. The number of hydrogen-bond acceptors (Lipinski definition) is 5. The molecule has 3 atom stereocenters. The number of carboxylic acid groups (broad SMARTS) is 1. The van der Waals surface area contributed by atoms with Crippen molar-refractivity contribution in [3.05, 3.63) is 102 Å². The SMILES string of the molecule is Cc1cccc(Oc2cccc(C3OC[C@@H](C/C=C\CCC(=O)O)[C@@H](c4ccccc4O)O3)c2)c1. The van der Waals surface area contributed by atoms with Crippen molar-refractivity contribution in [3.8, 4) is 17.2 Å². The molecule has 0 radical (unpaired) electrons. The molecular formula is C29H30O6. The van der Waals surface area contributed by atoms with Crippen molar-refractivity contribution in [1.82, 2.24) is 0 Å². The molecule has 4 rings (SSSR count). The van der Waals surface area contributed by atoms with Crippen molar-refractivity contribution in [1.29, 1.82) is 0 Å². The van der Waals surface area contributed by atoms with Gasteiger partial charge in [0.15, 0.2) is 6.29 Å². The third-order valence-electron chi connectivity index (χ3n) is 5.89. The molecule has 35 heavy (non-hydrogen) atoms. The Kier molecular flexibility index (Phi) is 8.19. The number of benzene rings is 3. The molecule has 0 bridgehead atoms. The number of hydrogen-bond donors (Lipinski definition) is 2. The second-order valence-corrected chi connectivity index (χ2v) is 8.67. The van der Waals surface area contributed by atoms with E-state index < -0.39 is 12.3 Å². The number of rotatable bonds is 9. The summed E-state index contributed by atoms with van der Waals surface area (Å²) in [5.41, 5.74) is 2.65. The van der Waals surface area contributed by atoms with Crippen LogP contribution in [0.15, 0.2) is 84.9 Å². The first-order valence-corrected chi connectivity index (χ1v) is 11.8. The van der Waals surface area contributed by atoms with Crippen LogP contribution in [0.1, 0.15) is 48.3 Å². The molecule has 6 nitrogen and oxygen atoms in total. The van der Waals surface area contributed by atoms with Crippen LogP contribution < -0.4 is 4.74 Å². The lowest BCUT2D eigenvalue weighted by Gasteiger charge is -2.37. The molecule has 0 saturated carbocycles. The molecule has 1 aliphatic heterocycles. The number of carbonyl (C=O) groups is 1. The van der Waals surface area contributed by atoms with Gasteiger partial charge in [0.2, 0.25) is 0 Å². The highest BCUT2D eigenvalue weighted by Crippen LogP contribution is 2.43. The standard InChI is InChI=1S/C29H30O6/c1-20-9-7-12-23(17-20)34-24-13-8-11-21(18-24)29-33-19-22(10-3-2-4-16-27(31)32)28(35-29)25-14-5-6-15-26(25)30/h2-3,5-9,11-15,17-18,22,28-30H,4,10,16,19H2,1H3,(H,31,32)/b3-2-/t22-,28+,29?/m1/s1. The van der Waals surface area contributed by atoms with E-state index in [1.807, 2.05) is 79.7 Å². The molecule has 1 fully saturated rings. The zero-order valence-corrected chi connectivity index (χ0v) is 19.7. The molecule has 1 aliphatic rings. The van der Waals surface area contributed by atoms with Crippen LogP contribution in [-0.4, -0.2) is 22.8 Å². The van der Waals surface area contributed by atoms with Gasteiger partial charge in [0.1, 0.15) is 17.2 Å². The maximum atomic E-state index is 10.7. The third kappa shape index (κ3) is 6.72. The van der Waals surface area contributed by atoms with E-state index >= 15 is 0 Å². The van der Waals surface area contributed by atoms with Gasteiger partial charge in [-0.1, -0.05) is 54.6 Å². The van der Waals surface area contributed by atoms with Crippen molar-refractivity contribution in [2.24, 2.45) is 5.92 Å². The number of carboxylic acids is 1. The second kappa shape index (κ2) is 11.7. The minimum atomic E-state index is -0.817. The average molecular weight is 475 g/mol. The first-order chi connectivity index (χ1) is 17.0. The fourth-order valence-electron chi connectivity index (χ4n) is 4.14. The van der Waals surface area contributed by atoms with Crippen LogP contribution in [0, 0.1) is 12.8 Å². The quantitative estimate of drug-likeness (QED) is 0.335. The van der Waals surface area contributed by atoms with Gasteiger partial charge in [0.05, 0.1) is 12.7 Å². The van der Waals surface area contributed by atoms with Crippen molar-refractivity contribution < 1.29 is 29.2 Å². The van der Waals surface area contributed by atoms with E-state index in [1.165, 1.54) is 0 Å². The highest BCUT2D eigenvalue weighted by molar-refractivity contribution is 5.66. The summed E-state index contributed by atoms with van der Waals surface area (Å²) in [4.78, 5) is 10.7. The Labute approximate surface area is 205 Å². The van der Waals surface area contributed by atoms with E-state index in [0.29, 0.717) is 30.8 Å². The summed E-state index contributed by atoms with van der Waals surface area (Å²) in [6.45, 7) is 2.44. The smallest absolute Gasteiger partial charge is 0.303 e. The van der Waals surface area contributed by atoms with E-state index in [0.717, 1.165) is 16.9 Å². The van der Waals surface area contributed by atoms with Crippen LogP contribution in [0.4, 0.5) is 0 Å². The van der Waals surface area contributed by atoms with Gasteiger partial charge in [0.25, 0.3) is 0 Å². The number of para-hydroxylation sites is 1. The predicted octanol–water partition coefficient (Wildman–Crippen LogP) is 6.71. The van der Waals surface area contributed by atoms with Crippen LogP contribution in [0.5, 0.6) is 17.2 Å². The second-order valence-electron chi connectivity index (χ2n) is 8.67. The number of aromatic hydroxyl groups is 1. The average Bonchev–Trinajstić information content (AvgIpc) is 2.84. The van der Waals surface area contributed by atoms with Crippen molar-refractivity contribution >= 4 is 5.97 Å². The highest BCUT2D eigenvalue weighted by Gasteiger charge is 2.34. The van der Waals surface area contributed by atoms with Crippen molar-refractivity contribution in [2.75, 3.05) is 6.61 Å². The normalized spacial score (nSPS) is 20.1. The van der Waals surface area contributed by atoms with Crippen molar-refractivity contribution in [3.63, 3.8) is 0 Å². The van der Waals surface area contributed by atoms with Crippen molar-refractivity contribution in [2.45, 2.75) is 38.6 Å². The first kappa shape index (κ1) is 24.5. The van der Waals surface area contributed by atoms with Gasteiger partial charge in [-0.3, -0.25) is 4.79 Å². The monoisotopic (exact) mass is 474 g/mol. The fourth-order valence-corrected chi connectivity index (χ4v) is 4.14. The number of aryl methyl sites for hydroxylation is 1. The zero-order chi connectivity index (χ0) is 24.6. The Morgan fingerprint density at radius 3 is 2.57 bits per heavy atom. The molecule has 6 heteroatoms.